The van der Waals surface area contributed by atoms with Gasteiger partial charge in [-0.05, 0) is 37.6 Å². The van der Waals surface area contributed by atoms with Crippen LogP contribution in [0.15, 0.2) is 72.9 Å². The third kappa shape index (κ3) is 4.32. The Kier molecular flexibility index (Phi) is 5.89. The van der Waals surface area contributed by atoms with Crippen molar-refractivity contribution in [3.05, 3.63) is 89.6 Å². The molecular formula is C25H24N4O3. The highest BCUT2D eigenvalue weighted by molar-refractivity contribution is 6.02. The van der Waals surface area contributed by atoms with E-state index in [1.807, 2.05) is 72.1 Å². The van der Waals surface area contributed by atoms with Crippen molar-refractivity contribution in [2.75, 3.05) is 5.32 Å². The molecule has 1 amide bonds. The van der Waals surface area contributed by atoms with Crippen molar-refractivity contribution in [2.24, 2.45) is 0 Å². The highest BCUT2D eigenvalue weighted by atomic mass is 16.4. The summed E-state index contributed by atoms with van der Waals surface area (Å²) in [4.78, 5) is 28.8. The van der Waals surface area contributed by atoms with Crippen LogP contribution in [0.25, 0.3) is 16.9 Å². The minimum Gasteiger partial charge on any atom is -0.480 e. The summed E-state index contributed by atoms with van der Waals surface area (Å²) in [6.07, 6.45) is 1.84. The summed E-state index contributed by atoms with van der Waals surface area (Å²) < 4.78 is 1.83. The van der Waals surface area contributed by atoms with E-state index >= 15 is 0 Å². The smallest absolute Gasteiger partial charge is 0.325 e. The van der Waals surface area contributed by atoms with E-state index in [1.54, 1.807) is 12.1 Å². The number of imidazole rings is 1. The lowest BCUT2D eigenvalue weighted by Crippen LogP contribution is -2.38. The molecule has 32 heavy (non-hydrogen) atoms. The van der Waals surface area contributed by atoms with Crippen molar-refractivity contribution in [3.8, 4) is 11.3 Å². The number of hydrogen-bond donors (Lipinski definition) is 3. The number of carboxylic acid groups (broad SMARTS) is 1. The van der Waals surface area contributed by atoms with Crippen LogP contribution in [0.1, 0.15) is 28.4 Å². The van der Waals surface area contributed by atoms with Gasteiger partial charge in [-0.2, -0.15) is 0 Å². The van der Waals surface area contributed by atoms with Gasteiger partial charge in [-0.25, -0.2) is 4.98 Å². The SMILES string of the molecule is Cc1cccc(-c2nc3c(C(=O)NC(C)C(=O)O)cccn3c2NCc2ccccc2)c1. The second-order valence-corrected chi connectivity index (χ2v) is 7.67. The van der Waals surface area contributed by atoms with Crippen LogP contribution < -0.4 is 10.6 Å². The highest BCUT2D eigenvalue weighted by Gasteiger charge is 2.21. The standard InChI is InChI=1S/C25H24N4O3/c1-16-8-6-11-19(14-16)21-23(26-15-18-9-4-3-5-10-18)29-13-7-12-20(22(29)28-21)24(30)27-17(2)25(31)32/h3-14,17,26H,15H2,1-2H3,(H,27,30)(H,31,32). The maximum absolute atomic E-state index is 12.8. The van der Waals surface area contributed by atoms with Gasteiger partial charge >= 0.3 is 5.97 Å². The Labute approximate surface area is 185 Å². The summed E-state index contributed by atoms with van der Waals surface area (Å²) in [5.74, 6) is -0.824. The van der Waals surface area contributed by atoms with Gasteiger partial charge in [0.05, 0.1) is 5.56 Å². The molecule has 2 aromatic carbocycles. The Morgan fingerprint density at radius 3 is 2.56 bits per heavy atom. The lowest BCUT2D eigenvalue weighted by molar-refractivity contribution is -0.138. The van der Waals surface area contributed by atoms with Gasteiger partial charge in [0.25, 0.3) is 5.91 Å². The van der Waals surface area contributed by atoms with Gasteiger partial charge in [-0.3, -0.25) is 14.0 Å². The number of carbonyl (C=O) groups excluding carboxylic acids is 1. The summed E-state index contributed by atoms with van der Waals surface area (Å²) in [5.41, 5.74) is 4.62. The van der Waals surface area contributed by atoms with Gasteiger partial charge in [-0.15, -0.1) is 0 Å². The summed E-state index contributed by atoms with van der Waals surface area (Å²) in [6, 6.07) is 20.4. The number of carbonyl (C=O) groups is 2. The third-order valence-corrected chi connectivity index (χ3v) is 5.21. The summed E-state index contributed by atoms with van der Waals surface area (Å²) in [5, 5.41) is 15.1. The first-order chi connectivity index (χ1) is 15.4. The van der Waals surface area contributed by atoms with E-state index < -0.39 is 17.9 Å². The summed E-state index contributed by atoms with van der Waals surface area (Å²) in [6.45, 7) is 4.03. The molecule has 1 unspecified atom stereocenters. The zero-order valence-electron chi connectivity index (χ0n) is 17.9. The number of hydrogen-bond acceptors (Lipinski definition) is 4. The molecule has 4 aromatic rings. The Hall–Kier alpha value is -4.13. The van der Waals surface area contributed by atoms with E-state index in [0.717, 1.165) is 28.2 Å². The highest BCUT2D eigenvalue weighted by Crippen LogP contribution is 2.31. The first-order valence-corrected chi connectivity index (χ1v) is 10.3. The number of aryl methyl sites for hydroxylation is 1. The van der Waals surface area contributed by atoms with E-state index in [1.165, 1.54) is 6.92 Å². The lowest BCUT2D eigenvalue weighted by Gasteiger charge is -2.11. The van der Waals surface area contributed by atoms with Crippen LogP contribution in [0.4, 0.5) is 5.82 Å². The first-order valence-electron chi connectivity index (χ1n) is 10.3. The van der Waals surface area contributed by atoms with Gasteiger partial charge in [0.1, 0.15) is 17.6 Å². The van der Waals surface area contributed by atoms with Crippen LogP contribution in [0.2, 0.25) is 0 Å². The molecule has 7 nitrogen and oxygen atoms in total. The number of carboxylic acids is 1. The van der Waals surface area contributed by atoms with Gasteiger partial charge in [0.2, 0.25) is 0 Å². The van der Waals surface area contributed by atoms with Crippen molar-refractivity contribution >= 4 is 23.3 Å². The maximum Gasteiger partial charge on any atom is 0.325 e. The van der Waals surface area contributed by atoms with Crippen LogP contribution >= 0.6 is 0 Å². The minimum absolute atomic E-state index is 0.308. The minimum atomic E-state index is -1.10. The number of aliphatic carboxylic acids is 1. The predicted molar refractivity (Wildman–Crippen MR) is 124 cm³/mol. The average molecular weight is 428 g/mol. The zero-order chi connectivity index (χ0) is 22.7. The van der Waals surface area contributed by atoms with Crippen LogP contribution in [-0.2, 0) is 11.3 Å². The third-order valence-electron chi connectivity index (χ3n) is 5.21. The number of anilines is 1. The topological polar surface area (TPSA) is 95.7 Å². The van der Waals surface area contributed by atoms with E-state index in [2.05, 4.69) is 10.6 Å². The Morgan fingerprint density at radius 1 is 1.06 bits per heavy atom. The largest absolute Gasteiger partial charge is 0.480 e. The van der Waals surface area contributed by atoms with Crippen LogP contribution in [0.3, 0.4) is 0 Å². The van der Waals surface area contributed by atoms with Crippen molar-refractivity contribution < 1.29 is 14.7 Å². The van der Waals surface area contributed by atoms with E-state index in [-0.39, 0.29) is 0 Å². The number of aromatic nitrogens is 2. The van der Waals surface area contributed by atoms with Gasteiger partial charge < -0.3 is 15.7 Å². The molecule has 0 aliphatic heterocycles. The van der Waals surface area contributed by atoms with Crippen LogP contribution in [0, 0.1) is 6.92 Å². The molecule has 0 fully saturated rings. The fourth-order valence-corrected chi connectivity index (χ4v) is 3.53. The molecule has 3 N–H and O–H groups in total. The fourth-order valence-electron chi connectivity index (χ4n) is 3.53. The normalized spacial score (nSPS) is 11.8. The Morgan fingerprint density at radius 2 is 1.84 bits per heavy atom. The van der Waals surface area contributed by atoms with Crippen LogP contribution in [-0.4, -0.2) is 32.4 Å². The number of pyridine rings is 1. The number of rotatable bonds is 7. The number of benzene rings is 2. The van der Waals surface area contributed by atoms with Gasteiger partial charge in [-0.1, -0.05) is 54.1 Å². The molecule has 0 aliphatic carbocycles. The van der Waals surface area contributed by atoms with Crippen molar-refractivity contribution in [1.82, 2.24) is 14.7 Å². The van der Waals surface area contributed by atoms with Gasteiger partial charge in [0, 0.05) is 18.3 Å². The predicted octanol–water partition coefficient (Wildman–Crippen LogP) is 4.12. The number of amides is 1. The summed E-state index contributed by atoms with van der Waals surface area (Å²) >= 11 is 0. The Balaban J connectivity index is 1.81. The lowest BCUT2D eigenvalue weighted by atomic mass is 10.1. The molecule has 1 atom stereocenters. The molecule has 0 bridgehead atoms. The maximum atomic E-state index is 12.8. The average Bonchev–Trinajstić information content (AvgIpc) is 3.17. The van der Waals surface area contributed by atoms with Gasteiger partial charge in [0.15, 0.2) is 5.65 Å². The van der Waals surface area contributed by atoms with Crippen molar-refractivity contribution in [1.29, 1.82) is 0 Å². The van der Waals surface area contributed by atoms with E-state index in [9.17, 15) is 9.59 Å². The molecular weight excluding hydrogens is 404 g/mol. The molecule has 0 spiro atoms. The molecule has 0 saturated heterocycles. The second-order valence-electron chi connectivity index (χ2n) is 7.67. The molecule has 0 radical (unpaired) electrons. The van der Waals surface area contributed by atoms with Crippen molar-refractivity contribution in [2.45, 2.75) is 26.4 Å². The fraction of sp³-hybridized carbons (Fsp3) is 0.160. The van der Waals surface area contributed by atoms with Crippen molar-refractivity contribution in [3.63, 3.8) is 0 Å². The summed E-state index contributed by atoms with van der Waals surface area (Å²) in [7, 11) is 0. The first kappa shape index (κ1) is 21.1. The quantitative estimate of drug-likeness (QED) is 0.411. The number of fused-ring (bicyclic) bond motifs is 1. The van der Waals surface area contributed by atoms with E-state index in [4.69, 9.17) is 10.1 Å². The number of nitrogens with zero attached hydrogens (tertiary/aromatic N) is 2. The number of nitrogens with one attached hydrogen (secondary N) is 2. The molecule has 162 valence electrons. The Bertz CT molecular complexity index is 1280. The van der Waals surface area contributed by atoms with E-state index in [0.29, 0.717) is 17.8 Å². The molecule has 2 aromatic heterocycles. The van der Waals surface area contributed by atoms with Crippen LogP contribution in [0.5, 0.6) is 0 Å². The second kappa shape index (κ2) is 8.93. The molecule has 2 heterocycles. The molecule has 4 rings (SSSR count). The zero-order valence-corrected chi connectivity index (χ0v) is 17.9. The monoisotopic (exact) mass is 428 g/mol. The molecule has 0 saturated carbocycles. The molecule has 0 aliphatic rings. The molecule has 7 heteroatoms.